The highest BCUT2D eigenvalue weighted by Crippen LogP contribution is 2.14. The van der Waals surface area contributed by atoms with Gasteiger partial charge < -0.3 is 25.7 Å². The molecule has 0 heterocycles. The molecule has 0 fully saturated rings. The summed E-state index contributed by atoms with van der Waals surface area (Å²) in [4.78, 5) is 12.2. The van der Waals surface area contributed by atoms with Gasteiger partial charge in [-0.2, -0.15) is 0 Å². The number of hydrogen-bond acceptors (Lipinski definition) is 5. The zero-order valence-electron chi connectivity index (χ0n) is 27.5. The lowest BCUT2D eigenvalue weighted by atomic mass is 10.0. The molecule has 1 amide bonds. The Morgan fingerprint density at radius 2 is 1.05 bits per heavy atom. The summed E-state index contributed by atoms with van der Waals surface area (Å²) in [5, 5.41) is 42.4. The Morgan fingerprint density at radius 3 is 1.52 bits per heavy atom. The number of amides is 1. The Kier molecular flexibility index (Phi) is 30.3. The van der Waals surface area contributed by atoms with Gasteiger partial charge in [0.1, 0.15) is 12.2 Å². The summed E-state index contributed by atoms with van der Waals surface area (Å²) in [6, 6.07) is -0.981. The Bertz CT molecular complexity index is 638. The molecule has 0 aromatic rings. The molecule has 42 heavy (non-hydrogen) atoms. The maximum Gasteiger partial charge on any atom is 0.249 e. The second-order valence-corrected chi connectivity index (χ2v) is 12.2. The first-order chi connectivity index (χ1) is 20.5. The SMILES string of the molecule is CCCCCCCCCCC/C=C\C/C=C\CCCCCCCCCCC(O)C(=O)NC(CO)C(O)C(O)CCCC. The fourth-order valence-corrected chi connectivity index (χ4v) is 5.24. The second-order valence-electron chi connectivity index (χ2n) is 12.2. The number of aliphatic hydroxyl groups excluding tert-OH is 4. The first-order valence-corrected chi connectivity index (χ1v) is 17.7. The fraction of sp³-hybridized carbons (Fsp3) is 0.861. The van der Waals surface area contributed by atoms with E-state index in [9.17, 15) is 25.2 Å². The van der Waals surface area contributed by atoms with Gasteiger partial charge in [0, 0.05) is 0 Å². The number of aliphatic hydroxyl groups is 4. The van der Waals surface area contributed by atoms with Gasteiger partial charge >= 0.3 is 0 Å². The molecule has 6 nitrogen and oxygen atoms in total. The molecule has 0 saturated carbocycles. The van der Waals surface area contributed by atoms with E-state index >= 15 is 0 Å². The maximum absolute atomic E-state index is 12.2. The van der Waals surface area contributed by atoms with E-state index in [4.69, 9.17) is 0 Å². The highest BCUT2D eigenvalue weighted by atomic mass is 16.3. The summed E-state index contributed by atoms with van der Waals surface area (Å²) in [6.07, 6.45) is 33.2. The topological polar surface area (TPSA) is 110 Å². The summed E-state index contributed by atoms with van der Waals surface area (Å²) in [7, 11) is 0. The number of rotatable bonds is 31. The Labute approximate surface area is 259 Å². The molecule has 0 aromatic heterocycles. The van der Waals surface area contributed by atoms with Crippen LogP contribution in [0, 0.1) is 0 Å². The zero-order valence-corrected chi connectivity index (χ0v) is 27.5. The fourth-order valence-electron chi connectivity index (χ4n) is 5.24. The third-order valence-corrected chi connectivity index (χ3v) is 8.17. The molecule has 0 radical (unpaired) electrons. The molecular formula is C36H69NO5. The van der Waals surface area contributed by atoms with Crippen molar-refractivity contribution in [1.29, 1.82) is 0 Å². The van der Waals surface area contributed by atoms with Crippen molar-refractivity contribution in [1.82, 2.24) is 5.32 Å². The summed E-state index contributed by atoms with van der Waals surface area (Å²) < 4.78 is 0. The van der Waals surface area contributed by atoms with Crippen LogP contribution >= 0.6 is 0 Å². The summed E-state index contributed by atoms with van der Waals surface area (Å²) in [5.41, 5.74) is 0. The number of hydrogen-bond donors (Lipinski definition) is 5. The molecule has 5 N–H and O–H groups in total. The molecule has 0 aromatic carbocycles. The lowest BCUT2D eigenvalue weighted by Crippen LogP contribution is -2.53. The molecule has 0 aliphatic rings. The van der Waals surface area contributed by atoms with Crippen LogP contribution in [0.3, 0.4) is 0 Å². The van der Waals surface area contributed by atoms with E-state index in [-0.39, 0.29) is 0 Å². The number of carbonyl (C=O) groups is 1. The molecule has 0 aliphatic heterocycles. The summed E-state index contributed by atoms with van der Waals surface area (Å²) in [6.45, 7) is 3.77. The third-order valence-electron chi connectivity index (χ3n) is 8.17. The van der Waals surface area contributed by atoms with E-state index in [0.29, 0.717) is 12.8 Å². The minimum atomic E-state index is -1.25. The number of allylic oxidation sites excluding steroid dienone is 4. The molecule has 4 atom stereocenters. The quantitative estimate of drug-likeness (QED) is 0.0411. The minimum Gasteiger partial charge on any atom is -0.394 e. The van der Waals surface area contributed by atoms with Crippen LogP contribution in [0.1, 0.15) is 168 Å². The molecule has 248 valence electrons. The summed E-state index contributed by atoms with van der Waals surface area (Å²) >= 11 is 0. The van der Waals surface area contributed by atoms with Crippen molar-refractivity contribution in [3.05, 3.63) is 24.3 Å². The van der Waals surface area contributed by atoms with Crippen molar-refractivity contribution < 1.29 is 25.2 Å². The average molecular weight is 596 g/mol. The number of unbranched alkanes of at least 4 members (excludes halogenated alkanes) is 18. The largest absolute Gasteiger partial charge is 0.394 e. The molecule has 0 saturated heterocycles. The Hall–Kier alpha value is -1.21. The molecule has 0 bridgehead atoms. The normalized spacial score (nSPS) is 14.9. The van der Waals surface area contributed by atoms with Gasteiger partial charge in [0.05, 0.1) is 18.8 Å². The van der Waals surface area contributed by atoms with E-state index in [1.54, 1.807) is 0 Å². The van der Waals surface area contributed by atoms with E-state index in [1.165, 1.54) is 96.3 Å². The molecule has 0 rings (SSSR count). The van der Waals surface area contributed by atoms with Crippen LogP contribution in [0.2, 0.25) is 0 Å². The van der Waals surface area contributed by atoms with Crippen LogP contribution in [-0.4, -0.2) is 57.3 Å². The van der Waals surface area contributed by atoms with Gasteiger partial charge in [-0.1, -0.05) is 147 Å². The average Bonchev–Trinajstić information content (AvgIpc) is 3.00. The van der Waals surface area contributed by atoms with Crippen LogP contribution < -0.4 is 5.32 Å². The van der Waals surface area contributed by atoms with Gasteiger partial charge in [0.25, 0.3) is 0 Å². The van der Waals surface area contributed by atoms with Gasteiger partial charge in [0.2, 0.25) is 5.91 Å². The molecule has 0 aliphatic carbocycles. The molecule has 0 spiro atoms. The van der Waals surface area contributed by atoms with Crippen molar-refractivity contribution in [3.8, 4) is 0 Å². The van der Waals surface area contributed by atoms with Crippen LogP contribution in [0.15, 0.2) is 24.3 Å². The minimum absolute atomic E-state index is 0.360. The lowest BCUT2D eigenvalue weighted by molar-refractivity contribution is -0.132. The predicted octanol–water partition coefficient (Wildman–Crippen LogP) is 8.06. The van der Waals surface area contributed by atoms with E-state index in [2.05, 4.69) is 36.5 Å². The van der Waals surface area contributed by atoms with Crippen LogP contribution in [0.5, 0.6) is 0 Å². The Morgan fingerprint density at radius 1 is 0.595 bits per heavy atom. The lowest BCUT2D eigenvalue weighted by Gasteiger charge is -2.27. The molecule has 4 unspecified atom stereocenters. The maximum atomic E-state index is 12.2. The van der Waals surface area contributed by atoms with Crippen molar-refractivity contribution >= 4 is 5.91 Å². The van der Waals surface area contributed by atoms with E-state index in [0.717, 1.165) is 44.9 Å². The standard InChI is InChI=1S/C36H69NO5/c1-3-5-7-8-9-10-11-12-13-14-15-16-17-18-19-20-21-22-23-24-25-26-27-28-30-34(40)36(42)37-32(31-38)35(41)33(39)29-6-4-2/h15-16,18-19,32-35,38-41H,3-14,17,20-31H2,1-2H3,(H,37,42)/b16-15-,19-18-. The van der Waals surface area contributed by atoms with Crippen LogP contribution in [0.25, 0.3) is 0 Å². The highest BCUT2D eigenvalue weighted by molar-refractivity contribution is 5.80. The van der Waals surface area contributed by atoms with Gasteiger partial charge in [-0.25, -0.2) is 0 Å². The van der Waals surface area contributed by atoms with E-state index < -0.39 is 36.9 Å². The number of carbonyl (C=O) groups excluding carboxylic acids is 1. The van der Waals surface area contributed by atoms with E-state index in [1.807, 2.05) is 6.92 Å². The molecular weight excluding hydrogens is 526 g/mol. The van der Waals surface area contributed by atoms with Gasteiger partial charge in [-0.05, 0) is 44.9 Å². The van der Waals surface area contributed by atoms with Crippen molar-refractivity contribution in [2.24, 2.45) is 0 Å². The second kappa shape index (κ2) is 31.2. The summed E-state index contributed by atoms with van der Waals surface area (Å²) in [5.74, 6) is -0.602. The first kappa shape index (κ1) is 40.8. The Balaban J connectivity index is 3.59. The third kappa shape index (κ3) is 25.3. The van der Waals surface area contributed by atoms with Crippen molar-refractivity contribution in [2.45, 2.75) is 192 Å². The monoisotopic (exact) mass is 596 g/mol. The van der Waals surface area contributed by atoms with Gasteiger partial charge in [-0.3, -0.25) is 4.79 Å². The van der Waals surface area contributed by atoms with Crippen LogP contribution in [-0.2, 0) is 4.79 Å². The highest BCUT2D eigenvalue weighted by Gasteiger charge is 2.28. The van der Waals surface area contributed by atoms with Gasteiger partial charge in [0.15, 0.2) is 0 Å². The number of nitrogens with one attached hydrogen (secondary N) is 1. The van der Waals surface area contributed by atoms with Gasteiger partial charge in [-0.15, -0.1) is 0 Å². The zero-order chi connectivity index (χ0) is 31.1. The smallest absolute Gasteiger partial charge is 0.249 e. The molecule has 6 heteroatoms. The first-order valence-electron chi connectivity index (χ1n) is 17.7. The predicted molar refractivity (Wildman–Crippen MR) is 177 cm³/mol. The van der Waals surface area contributed by atoms with Crippen molar-refractivity contribution in [3.63, 3.8) is 0 Å². The van der Waals surface area contributed by atoms with Crippen LogP contribution in [0.4, 0.5) is 0 Å². The van der Waals surface area contributed by atoms with Crippen molar-refractivity contribution in [2.75, 3.05) is 6.61 Å².